The molecule has 166 valence electrons. The molecule has 5 rings (SSSR count). The number of nitrogens with one attached hydrogen (secondary N) is 1. The number of pyridine rings is 1. The van der Waals surface area contributed by atoms with Crippen LogP contribution in [0.2, 0.25) is 0 Å². The van der Waals surface area contributed by atoms with Gasteiger partial charge < -0.3 is 10.2 Å². The number of likely N-dealkylation sites (tertiary alicyclic amines) is 1. The van der Waals surface area contributed by atoms with Gasteiger partial charge in [0.15, 0.2) is 0 Å². The zero-order chi connectivity index (χ0) is 22.1. The van der Waals surface area contributed by atoms with E-state index in [-0.39, 0.29) is 11.9 Å². The number of thiazole rings is 1. The van der Waals surface area contributed by atoms with Crippen LogP contribution >= 0.6 is 11.3 Å². The average molecular weight is 447 g/mol. The van der Waals surface area contributed by atoms with Gasteiger partial charge in [-0.2, -0.15) is 0 Å². The number of piperidine rings is 1. The van der Waals surface area contributed by atoms with Gasteiger partial charge in [-0.3, -0.25) is 4.79 Å². The van der Waals surface area contributed by atoms with Crippen LogP contribution in [0.15, 0.2) is 48.5 Å². The molecule has 1 amide bonds. The van der Waals surface area contributed by atoms with Crippen molar-refractivity contribution in [2.45, 2.75) is 52.0 Å². The van der Waals surface area contributed by atoms with Crippen LogP contribution < -0.4 is 5.32 Å². The van der Waals surface area contributed by atoms with Crippen LogP contribution in [0.25, 0.3) is 10.4 Å². The maximum Gasteiger partial charge on any atom is 0.274 e. The predicted octanol–water partition coefficient (Wildman–Crippen LogP) is 5.71. The van der Waals surface area contributed by atoms with Crippen LogP contribution in [0.4, 0.5) is 5.82 Å². The minimum Gasteiger partial charge on any atom is -0.368 e. The van der Waals surface area contributed by atoms with Crippen molar-refractivity contribution in [2.24, 2.45) is 5.41 Å². The summed E-state index contributed by atoms with van der Waals surface area (Å²) >= 11 is 1.60. The molecule has 1 aliphatic carbocycles. The minimum absolute atomic E-state index is 0.0615. The van der Waals surface area contributed by atoms with E-state index in [0.717, 1.165) is 46.3 Å². The van der Waals surface area contributed by atoms with Gasteiger partial charge in [-0.1, -0.05) is 42.8 Å². The van der Waals surface area contributed by atoms with Crippen molar-refractivity contribution in [2.75, 3.05) is 18.4 Å². The maximum atomic E-state index is 13.8. The van der Waals surface area contributed by atoms with Gasteiger partial charge in [0.2, 0.25) is 0 Å². The van der Waals surface area contributed by atoms with Crippen LogP contribution in [-0.4, -0.2) is 39.9 Å². The molecule has 1 aromatic carbocycles. The fourth-order valence-electron chi connectivity index (χ4n) is 5.19. The fourth-order valence-corrected chi connectivity index (χ4v) is 6.11. The van der Waals surface area contributed by atoms with Crippen molar-refractivity contribution in [3.8, 4) is 10.4 Å². The highest BCUT2D eigenvalue weighted by Gasteiger charge is 2.45. The number of nitrogens with zero attached hydrogens (tertiary/aromatic N) is 3. The third kappa shape index (κ3) is 4.16. The van der Waals surface area contributed by atoms with Gasteiger partial charge in [-0.05, 0) is 62.6 Å². The van der Waals surface area contributed by atoms with E-state index in [1.54, 1.807) is 11.3 Å². The van der Waals surface area contributed by atoms with E-state index < -0.39 is 0 Å². The number of carbonyl (C=O) groups excluding carboxylic acids is 1. The van der Waals surface area contributed by atoms with Crippen LogP contribution in [0.1, 0.15) is 53.3 Å². The van der Waals surface area contributed by atoms with E-state index in [1.807, 2.05) is 50.2 Å². The summed E-state index contributed by atoms with van der Waals surface area (Å²) in [6, 6.07) is 16.3. The van der Waals surface area contributed by atoms with Gasteiger partial charge in [0.25, 0.3) is 5.91 Å². The zero-order valence-electron chi connectivity index (χ0n) is 18.8. The normalized spacial score (nSPS) is 19.6. The maximum absolute atomic E-state index is 13.8. The van der Waals surface area contributed by atoms with Gasteiger partial charge in [0.1, 0.15) is 11.5 Å². The molecule has 32 heavy (non-hydrogen) atoms. The Hall–Kier alpha value is -2.73. The molecular formula is C26H30N4OS. The smallest absolute Gasteiger partial charge is 0.274 e. The van der Waals surface area contributed by atoms with Crippen molar-refractivity contribution in [1.29, 1.82) is 0 Å². The molecule has 0 bridgehead atoms. The zero-order valence-corrected chi connectivity index (χ0v) is 19.6. The monoisotopic (exact) mass is 446 g/mol. The molecule has 1 saturated carbocycles. The Morgan fingerprint density at radius 3 is 2.62 bits per heavy atom. The summed E-state index contributed by atoms with van der Waals surface area (Å²) in [6.07, 6.45) is 6.05. The van der Waals surface area contributed by atoms with Crippen molar-refractivity contribution < 1.29 is 4.79 Å². The molecular weight excluding hydrogens is 416 g/mol. The van der Waals surface area contributed by atoms with Gasteiger partial charge in [-0.25, -0.2) is 9.97 Å². The number of rotatable bonds is 5. The Bertz CT molecular complexity index is 1110. The van der Waals surface area contributed by atoms with Gasteiger partial charge in [0, 0.05) is 24.8 Å². The highest BCUT2D eigenvalue weighted by atomic mass is 32.1. The number of aromatic nitrogens is 2. The van der Waals surface area contributed by atoms with Crippen molar-refractivity contribution >= 4 is 23.1 Å². The fraction of sp³-hybridized carbons (Fsp3) is 0.423. The molecule has 3 aromatic rings. The second kappa shape index (κ2) is 8.66. The van der Waals surface area contributed by atoms with Crippen molar-refractivity contribution in [3.05, 3.63) is 64.9 Å². The van der Waals surface area contributed by atoms with Crippen LogP contribution in [0, 0.1) is 19.3 Å². The number of benzene rings is 1. The van der Waals surface area contributed by atoms with E-state index in [1.165, 1.54) is 19.3 Å². The van der Waals surface area contributed by atoms with Crippen LogP contribution in [0.3, 0.4) is 0 Å². The van der Waals surface area contributed by atoms with E-state index in [9.17, 15) is 4.79 Å². The number of hydrogen-bond acceptors (Lipinski definition) is 5. The number of carbonyl (C=O) groups is 1. The van der Waals surface area contributed by atoms with E-state index in [4.69, 9.17) is 4.98 Å². The summed E-state index contributed by atoms with van der Waals surface area (Å²) in [5.41, 5.74) is 3.07. The number of aryl methyl sites for hydroxylation is 2. The van der Waals surface area contributed by atoms with Gasteiger partial charge in [-0.15, -0.1) is 11.3 Å². The standard InChI is InChI=1S/C26H30N4OS/c1-18-8-6-11-22(28-18)27-17-21-16-26(12-7-13-26)14-15-30(21)25(31)23-24(32-19(2)29-23)20-9-4-3-5-10-20/h3-6,8-11,21H,7,12-17H2,1-2H3,(H,27,28). The van der Waals surface area contributed by atoms with Crippen LogP contribution in [0.5, 0.6) is 0 Å². The lowest BCUT2D eigenvalue weighted by molar-refractivity contribution is 0.00307. The highest BCUT2D eigenvalue weighted by Crippen LogP contribution is 2.51. The Labute approximate surface area is 193 Å². The quantitative estimate of drug-likeness (QED) is 0.545. The second-order valence-electron chi connectivity index (χ2n) is 9.28. The molecule has 1 unspecified atom stereocenters. The first-order chi connectivity index (χ1) is 15.5. The van der Waals surface area contributed by atoms with E-state index >= 15 is 0 Å². The molecule has 1 spiro atoms. The lowest BCUT2D eigenvalue weighted by Crippen LogP contribution is -2.54. The molecule has 6 heteroatoms. The summed E-state index contributed by atoms with van der Waals surface area (Å²) in [5.74, 6) is 0.937. The topological polar surface area (TPSA) is 58.1 Å². The molecule has 2 fully saturated rings. The molecule has 2 aliphatic rings. The predicted molar refractivity (Wildman–Crippen MR) is 130 cm³/mol. The third-order valence-electron chi connectivity index (χ3n) is 7.05. The Kier molecular flexibility index (Phi) is 5.72. The molecule has 0 radical (unpaired) electrons. The molecule has 5 nitrogen and oxygen atoms in total. The minimum atomic E-state index is 0.0615. The SMILES string of the molecule is Cc1cccc(NCC2CC3(CCC3)CCN2C(=O)c2nc(C)sc2-c2ccccc2)n1. The van der Waals surface area contributed by atoms with E-state index in [2.05, 4.69) is 27.3 Å². The summed E-state index contributed by atoms with van der Waals surface area (Å²) in [6.45, 7) is 5.50. The van der Waals surface area contributed by atoms with Gasteiger partial charge >= 0.3 is 0 Å². The number of amides is 1. The second-order valence-corrected chi connectivity index (χ2v) is 10.5. The first kappa shape index (κ1) is 21.1. The summed E-state index contributed by atoms with van der Waals surface area (Å²) in [7, 11) is 0. The molecule has 2 aromatic heterocycles. The van der Waals surface area contributed by atoms with Crippen molar-refractivity contribution in [3.63, 3.8) is 0 Å². The van der Waals surface area contributed by atoms with Crippen LogP contribution in [-0.2, 0) is 0 Å². The third-order valence-corrected chi connectivity index (χ3v) is 8.07. The molecule has 1 atom stereocenters. The Balaban J connectivity index is 1.41. The lowest BCUT2D eigenvalue weighted by atomic mass is 9.61. The lowest BCUT2D eigenvalue weighted by Gasteiger charge is -2.51. The first-order valence-electron chi connectivity index (χ1n) is 11.5. The average Bonchev–Trinajstić information content (AvgIpc) is 3.18. The molecule has 3 heterocycles. The summed E-state index contributed by atoms with van der Waals surface area (Å²) in [4.78, 5) is 26.2. The molecule has 1 N–H and O–H groups in total. The summed E-state index contributed by atoms with van der Waals surface area (Å²) in [5, 5.41) is 4.44. The molecule has 1 saturated heterocycles. The Morgan fingerprint density at radius 2 is 1.91 bits per heavy atom. The number of anilines is 1. The van der Waals surface area contributed by atoms with Crippen molar-refractivity contribution in [1.82, 2.24) is 14.9 Å². The Morgan fingerprint density at radius 1 is 1.09 bits per heavy atom. The first-order valence-corrected chi connectivity index (χ1v) is 12.4. The highest BCUT2D eigenvalue weighted by molar-refractivity contribution is 7.15. The summed E-state index contributed by atoms with van der Waals surface area (Å²) < 4.78 is 0. The van der Waals surface area contributed by atoms with Gasteiger partial charge in [0.05, 0.1) is 9.88 Å². The largest absolute Gasteiger partial charge is 0.368 e. The number of hydrogen-bond donors (Lipinski definition) is 1. The molecule has 1 aliphatic heterocycles. The van der Waals surface area contributed by atoms with E-state index in [0.29, 0.717) is 17.7 Å².